The Labute approximate surface area is 222 Å². The molecule has 0 saturated heterocycles. The molecule has 6 rings (SSSR count). The Hall–Kier alpha value is -5.33. The van der Waals surface area contributed by atoms with E-state index in [1.54, 1.807) is 30.3 Å². The minimum atomic E-state index is -4.45. The van der Waals surface area contributed by atoms with Crippen LogP contribution in [0.3, 0.4) is 0 Å². The maximum Gasteiger partial charge on any atom is 0.416 e. The van der Waals surface area contributed by atoms with Gasteiger partial charge in [0, 0.05) is 16.3 Å². The van der Waals surface area contributed by atoms with E-state index in [9.17, 15) is 23.7 Å². The normalized spacial score (nSPS) is 11.4. The van der Waals surface area contributed by atoms with E-state index in [4.69, 9.17) is 0 Å². The minimum Gasteiger partial charge on any atom is -0.309 e. The van der Waals surface area contributed by atoms with E-state index in [0.717, 1.165) is 44.9 Å². The van der Waals surface area contributed by atoms with E-state index in [1.165, 1.54) is 12.1 Å². The molecule has 186 valence electrons. The second kappa shape index (κ2) is 9.20. The lowest BCUT2D eigenvalue weighted by Crippen LogP contribution is -2.04. The van der Waals surface area contributed by atoms with Gasteiger partial charge in [-0.2, -0.15) is 23.7 Å². The molecule has 5 aromatic carbocycles. The van der Waals surface area contributed by atoms with Crippen LogP contribution in [0.2, 0.25) is 0 Å². The van der Waals surface area contributed by atoms with Gasteiger partial charge in [-0.05, 0) is 71.3 Å². The smallest absolute Gasteiger partial charge is 0.309 e. The van der Waals surface area contributed by atoms with Crippen LogP contribution < -0.4 is 0 Å². The lowest BCUT2D eigenvalue weighted by Gasteiger charge is -2.17. The number of fused-ring (bicyclic) bond motifs is 3. The third-order valence-electron chi connectivity index (χ3n) is 6.89. The molecule has 1 heterocycles. The summed E-state index contributed by atoms with van der Waals surface area (Å²) in [6.07, 6.45) is -4.45. The first-order valence-corrected chi connectivity index (χ1v) is 12.1. The van der Waals surface area contributed by atoms with E-state index in [-0.39, 0.29) is 0 Å². The number of benzene rings is 5. The van der Waals surface area contributed by atoms with E-state index in [0.29, 0.717) is 22.0 Å². The van der Waals surface area contributed by atoms with Crippen LogP contribution in [0.25, 0.3) is 49.7 Å². The molecule has 0 N–H and O–H groups in total. The highest BCUT2D eigenvalue weighted by Gasteiger charge is 2.31. The lowest BCUT2D eigenvalue weighted by molar-refractivity contribution is -0.137. The van der Waals surface area contributed by atoms with Gasteiger partial charge in [0.1, 0.15) is 0 Å². The van der Waals surface area contributed by atoms with Crippen molar-refractivity contribution in [2.24, 2.45) is 0 Å². The SMILES string of the molecule is N#Cc1cccc(-c2cc(C#N)ccc2-c2ccccc2-n2c3ccccc3c3cc(C(F)(F)F)ccc32)c1. The van der Waals surface area contributed by atoms with Crippen LogP contribution in [-0.4, -0.2) is 4.57 Å². The largest absolute Gasteiger partial charge is 0.416 e. The summed E-state index contributed by atoms with van der Waals surface area (Å²) in [7, 11) is 0. The molecule has 1 aromatic heterocycles. The zero-order valence-electron chi connectivity index (χ0n) is 20.4. The second-order valence-corrected chi connectivity index (χ2v) is 9.16. The highest BCUT2D eigenvalue weighted by atomic mass is 19.4. The standard InChI is InChI=1S/C33H18F3N3/c34-33(35,36)24-13-15-32-29(18-24)27-9-2-4-11-31(27)39(32)30-10-3-1-8-26(30)25-14-12-22(20-38)17-28(25)23-7-5-6-21(16-23)19-37/h1-18H. The van der Waals surface area contributed by atoms with Crippen molar-refractivity contribution in [2.75, 3.05) is 0 Å². The van der Waals surface area contributed by atoms with Crippen LogP contribution in [0.1, 0.15) is 16.7 Å². The van der Waals surface area contributed by atoms with Crippen molar-refractivity contribution in [3.05, 3.63) is 126 Å². The molecule has 0 aliphatic rings. The molecule has 0 aliphatic heterocycles. The van der Waals surface area contributed by atoms with Crippen LogP contribution in [0, 0.1) is 22.7 Å². The van der Waals surface area contributed by atoms with Crippen LogP contribution in [0.4, 0.5) is 13.2 Å². The van der Waals surface area contributed by atoms with Crippen molar-refractivity contribution in [1.29, 1.82) is 10.5 Å². The summed E-state index contributed by atoms with van der Waals surface area (Å²) in [5.41, 5.74) is 5.72. The van der Waals surface area contributed by atoms with Crippen LogP contribution >= 0.6 is 0 Å². The highest BCUT2D eigenvalue weighted by molar-refractivity contribution is 6.10. The first-order chi connectivity index (χ1) is 18.9. The first kappa shape index (κ1) is 24.0. The van der Waals surface area contributed by atoms with Gasteiger partial charge in [0.2, 0.25) is 0 Å². The Morgan fingerprint density at radius 3 is 2.08 bits per heavy atom. The number of alkyl halides is 3. The molecule has 3 nitrogen and oxygen atoms in total. The van der Waals surface area contributed by atoms with E-state index in [2.05, 4.69) is 12.1 Å². The summed E-state index contributed by atoms with van der Waals surface area (Å²) < 4.78 is 42.8. The summed E-state index contributed by atoms with van der Waals surface area (Å²) in [4.78, 5) is 0. The summed E-state index contributed by atoms with van der Waals surface area (Å²) in [6.45, 7) is 0. The quantitative estimate of drug-likeness (QED) is 0.237. The van der Waals surface area contributed by atoms with Crippen molar-refractivity contribution in [3.63, 3.8) is 0 Å². The average Bonchev–Trinajstić information content (AvgIpc) is 3.30. The molecule has 39 heavy (non-hydrogen) atoms. The van der Waals surface area contributed by atoms with Crippen molar-refractivity contribution in [3.8, 4) is 40.1 Å². The van der Waals surface area contributed by atoms with Gasteiger partial charge in [-0.15, -0.1) is 0 Å². The number of hydrogen-bond acceptors (Lipinski definition) is 2. The van der Waals surface area contributed by atoms with Crippen molar-refractivity contribution in [1.82, 2.24) is 4.57 Å². The molecule has 0 amide bonds. The molecular weight excluding hydrogens is 495 g/mol. The number of nitriles is 2. The molecule has 0 atom stereocenters. The Morgan fingerprint density at radius 1 is 0.564 bits per heavy atom. The Kier molecular flexibility index (Phi) is 5.67. The molecule has 0 bridgehead atoms. The number of hydrogen-bond donors (Lipinski definition) is 0. The third kappa shape index (κ3) is 4.09. The number of halogens is 3. The molecule has 0 spiro atoms. The first-order valence-electron chi connectivity index (χ1n) is 12.1. The van der Waals surface area contributed by atoms with Gasteiger partial charge in [-0.3, -0.25) is 0 Å². The topological polar surface area (TPSA) is 52.5 Å². The van der Waals surface area contributed by atoms with E-state index < -0.39 is 11.7 Å². The summed E-state index contributed by atoms with van der Waals surface area (Å²) in [6, 6.07) is 35.9. The van der Waals surface area contributed by atoms with Gasteiger partial charge in [0.25, 0.3) is 0 Å². The van der Waals surface area contributed by atoms with Gasteiger partial charge >= 0.3 is 6.18 Å². The fourth-order valence-electron chi connectivity index (χ4n) is 5.15. The number of nitrogens with zero attached hydrogens (tertiary/aromatic N) is 3. The number of rotatable bonds is 3. The zero-order chi connectivity index (χ0) is 27.1. The van der Waals surface area contributed by atoms with E-state index in [1.807, 2.05) is 65.2 Å². The third-order valence-corrected chi connectivity index (χ3v) is 6.89. The highest BCUT2D eigenvalue weighted by Crippen LogP contribution is 2.41. The predicted molar refractivity (Wildman–Crippen MR) is 146 cm³/mol. The van der Waals surface area contributed by atoms with E-state index >= 15 is 0 Å². The Balaban J connectivity index is 1.67. The minimum absolute atomic E-state index is 0.477. The zero-order valence-corrected chi connectivity index (χ0v) is 20.4. The molecule has 0 fully saturated rings. The molecular formula is C33H18F3N3. The maximum absolute atomic E-state index is 13.6. The van der Waals surface area contributed by atoms with Crippen molar-refractivity contribution >= 4 is 21.8 Å². The van der Waals surface area contributed by atoms with Crippen molar-refractivity contribution in [2.45, 2.75) is 6.18 Å². The van der Waals surface area contributed by atoms with Gasteiger partial charge in [0.05, 0.1) is 45.5 Å². The Bertz CT molecular complexity index is 1990. The average molecular weight is 514 g/mol. The summed E-state index contributed by atoms with van der Waals surface area (Å²) >= 11 is 0. The number of para-hydroxylation sites is 2. The monoisotopic (exact) mass is 513 g/mol. The number of aromatic nitrogens is 1. The second-order valence-electron chi connectivity index (χ2n) is 9.16. The maximum atomic E-state index is 13.6. The summed E-state index contributed by atoms with van der Waals surface area (Å²) in [5.74, 6) is 0. The van der Waals surface area contributed by atoms with Crippen molar-refractivity contribution < 1.29 is 13.2 Å². The van der Waals surface area contributed by atoms with Crippen LogP contribution in [0.15, 0.2) is 109 Å². The fraction of sp³-hybridized carbons (Fsp3) is 0.0303. The van der Waals surface area contributed by atoms with Crippen LogP contribution in [-0.2, 0) is 6.18 Å². The fourth-order valence-corrected chi connectivity index (χ4v) is 5.15. The molecule has 6 aromatic rings. The molecule has 0 saturated carbocycles. The predicted octanol–water partition coefficient (Wildman–Crippen LogP) is 8.88. The van der Waals surface area contributed by atoms with Gasteiger partial charge in [-0.1, -0.05) is 54.6 Å². The van der Waals surface area contributed by atoms with Gasteiger partial charge in [0.15, 0.2) is 0 Å². The van der Waals surface area contributed by atoms with Gasteiger partial charge in [-0.25, -0.2) is 0 Å². The van der Waals surface area contributed by atoms with Gasteiger partial charge < -0.3 is 4.57 Å². The molecule has 0 aliphatic carbocycles. The molecule has 0 radical (unpaired) electrons. The van der Waals surface area contributed by atoms with Crippen LogP contribution in [0.5, 0.6) is 0 Å². The molecule has 6 heteroatoms. The Morgan fingerprint density at radius 2 is 1.28 bits per heavy atom. The molecule has 0 unspecified atom stereocenters. The lowest BCUT2D eigenvalue weighted by atomic mass is 9.91. The summed E-state index contributed by atoms with van der Waals surface area (Å²) in [5, 5.41) is 20.3.